The van der Waals surface area contributed by atoms with Crippen molar-refractivity contribution >= 4 is 40.2 Å². The van der Waals surface area contributed by atoms with Crippen molar-refractivity contribution < 1.29 is 14.3 Å². The number of anilines is 1. The predicted molar refractivity (Wildman–Crippen MR) is 119 cm³/mol. The SMILES string of the molecule is CCOC(=O)c1ccc(NC(=O)Cn2cnc3c(cnn3-c3ccc(Cl)cc3)c2=O)cc1. The lowest BCUT2D eigenvalue weighted by atomic mass is 10.2. The number of ether oxygens (including phenoxy) is 1. The Bertz CT molecular complexity index is 1340. The molecule has 0 aliphatic carbocycles. The topological polar surface area (TPSA) is 108 Å². The van der Waals surface area contributed by atoms with E-state index in [4.69, 9.17) is 16.3 Å². The molecule has 0 aliphatic rings. The van der Waals surface area contributed by atoms with E-state index in [-0.39, 0.29) is 24.1 Å². The van der Waals surface area contributed by atoms with Gasteiger partial charge in [0.25, 0.3) is 5.56 Å². The minimum atomic E-state index is -0.435. The highest BCUT2D eigenvalue weighted by atomic mass is 35.5. The first-order valence-corrected chi connectivity index (χ1v) is 10.1. The number of rotatable bonds is 6. The molecule has 0 saturated heterocycles. The average Bonchev–Trinajstić information content (AvgIpc) is 3.22. The van der Waals surface area contributed by atoms with Gasteiger partial charge in [-0.25, -0.2) is 14.5 Å². The van der Waals surface area contributed by atoms with Crippen molar-refractivity contribution in [3.8, 4) is 5.69 Å². The molecule has 2 aromatic heterocycles. The Morgan fingerprint density at radius 1 is 1.09 bits per heavy atom. The van der Waals surface area contributed by atoms with E-state index < -0.39 is 11.9 Å². The van der Waals surface area contributed by atoms with Crippen LogP contribution in [-0.4, -0.2) is 37.8 Å². The van der Waals surface area contributed by atoms with E-state index in [1.54, 1.807) is 55.5 Å². The van der Waals surface area contributed by atoms with Gasteiger partial charge in [-0.3, -0.25) is 14.2 Å². The molecule has 162 valence electrons. The van der Waals surface area contributed by atoms with Gasteiger partial charge in [0.2, 0.25) is 5.91 Å². The summed E-state index contributed by atoms with van der Waals surface area (Å²) in [4.78, 5) is 41.3. The molecule has 32 heavy (non-hydrogen) atoms. The van der Waals surface area contributed by atoms with E-state index in [2.05, 4.69) is 15.4 Å². The number of amides is 1. The van der Waals surface area contributed by atoms with E-state index in [0.717, 1.165) is 0 Å². The first-order valence-electron chi connectivity index (χ1n) is 9.72. The zero-order valence-electron chi connectivity index (χ0n) is 17.0. The summed E-state index contributed by atoms with van der Waals surface area (Å²) in [5.41, 5.74) is 1.57. The van der Waals surface area contributed by atoms with Crippen molar-refractivity contribution in [2.45, 2.75) is 13.5 Å². The molecule has 0 aliphatic heterocycles. The number of carbonyl (C=O) groups is 2. The number of fused-ring (bicyclic) bond motifs is 1. The Kier molecular flexibility index (Phi) is 6.00. The first-order chi connectivity index (χ1) is 15.5. The number of nitrogens with zero attached hydrogens (tertiary/aromatic N) is 4. The smallest absolute Gasteiger partial charge is 0.338 e. The molecule has 0 radical (unpaired) electrons. The maximum absolute atomic E-state index is 12.8. The van der Waals surface area contributed by atoms with Gasteiger partial charge >= 0.3 is 5.97 Å². The van der Waals surface area contributed by atoms with Crippen LogP contribution in [0.2, 0.25) is 5.02 Å². The van der Waals surface area contributed by atoms with Gasteiger partial charge in [-0.2, -0.15) is 5.10 Å². The van der Waals surface area contributed by atoms with Crippen LogP contribution >= 0.6 is 11.6 Å². The molecule has 4 aromatic rings. The molecule has 9 nitrogen and oxygen atoms in total. The minimum Gasteiger partial charge on any atom is -0.462 e. The zero-order chi connectivity index (χ0) is 22.7. The second-order valence-electron chi connectivity index (χ2n) is 6.79. The Morgan fingerprint density at radius 2 is 1.81 bits per heavy atom. The molecular formula is C22H18ClN5O4. The molecule has 1 N–H and O–H groups in total. The minimum absolute atomic E-state index is 0.229. The first kappa shape index (κ1) is 21.3. The number of nitrogens with one attached hydrogen (secondary N) is 1. The molecule has 2 heterocycles. The Labute approximate surface area is 187 Å². The quantitative estimate of drug-likeness (QED) is 0.451. The normalized spacial score (nSPS) is 10.8. The van der Waals surface area contributed by atoms with Crippen LogP contribution in [0.5, 0.6) is 0 Å². The number of aromatic nitrogens is 4. The van der Waals surface area contributed by atoms with Crippen molar-refractivity contribution in [1.82, 2.24) is 19.3 Å². The fourth-order valence-electron chi connectivity index (χ4n) is 3.09. The summed E-state index contributed by atoms with van der Waals surface area (Å²) in [7, 11) is 0. The number of benzene rings is 2. The predicted octanol–water partition coefficient (Wildman–Crippen LogP) is 3.05. The van der Waals surface area contributed by atoms with Crippen LogP contribution in [0, 0.1) is 0 Å². The van der Waals surface area contributed by atoms with Crippen LogP contribution in [0.3, 0.4) is 0 Å². The molecule has 0 unspecified atom stereocenters. The van der Waals surface area contributed by atoms with Crippen molar-refractivity contribution in [3.63, 3.8) is 0 Å². The number of esters is 1. The van der Waals surface area contributed by atoms with Gasteiger partial charge in [0.05, 0.1) is 24.1 Å². The van der Waals surface area contributed by atoms with Crippen molar-refractivity contribution in [2.75, 3.05) is 11.9 Å². The third-order valence-corrected chi connectivity index (χ3v) is 4.87. The van der Waals surface area contributed by atoms with Crippen molar-refractivity contribution in [2.24, 2.45) is 0 Å². The lowest BCUT2D eigenvalue weighted by molar-refractivity contribution is -0.116. The van der Waals surface area contributed by atoms with Crippen LogP contribution in [0.1, 0.15) is 17.3 Å². The summed E-state index contributed by atoms with van der Waals surface area (Å²) >= 11 is 5.92. The summed E-state index contributed by atoms with van der Waals surface area (Å²) in [6.07, 6.45) is 2.73. The Morgan fingerprint density at radius 3 is 2.50 bits per heavy atom. The average molecular weight is 452 g/mol. The van der Waals surface area contributed by atoms with Crippen LogP contribution in [0.25, 0.3) is 16.7 Å². The highest BCUT2D eigenvalue weighted by Crippen LogP contribution is 2.16. The van der Waals surface area contributed by atoms with Gasteiger partial charge in [-0.1, -0.05) is 11.6 Å². The fraction of sp³-hybridized carbons (Fsp3) is 0.136. The summed E-state index contributed by atoms with van der Waals surface area (Å²) in [5, 5.41) is 7.80. The van der Waals surface area contributed by atoms with Gasteiger partial charge in [-0.15, -0.1) is 0 Å². The molecule has 2 aromatic carbocycles. The van der Waals surface area contributed by atoms with E-state index in [0.29, 0.717) is 27.6 Å². The molecule has 0 spiro atoms. The number of halogens is 1. The number of hydrogen-bond acceptors (Lipinski definition) is 6. The molecule has 1 amide bonds. The maximum Gasteiger partial charge on any atom is 0.338 e. The monoisotopic (exact) mass is 451 g/mol. The second-order valence-corrected chi connectivity index (χ2v) is 7.23. The van der Waals surface area contributed by atoms with Crippen LogP contribution in [-0.2, 0) is 16.1 Å². The lowest BCUT2D eigenvalue weighted by Crippen LogP contribution is -2.27. The molecule has 10 heteroatoms. The third-order valence-electron chi connectivity index (χ3n) is 4.62. The van der Waals surface area contributed by atoms with Gasteiger partial charge in [-0.05, 0) is 55.5 Å². The Hall–Kier alpha value is -3.98. The largest absolute Gasteiger partial charge is 0.462 e. The van der Waals surface area contributed by atoms with Gasteiger partial charge in [0.15, 0.2) is 5.65 Å². The lowest BCUT2D eigenvalue weighted by Gasteiger charge is -2.08. The zero-order valence-corrected chi connectivity index (χ0v) is 17.7. The van der Waals surface area contributed by atoms with Gasteiger partial charge in [0, 0.05) is 10.7 Å². The molecule has 0 bridgehead atoms. The van der Waals surface area contributed by atoms with Crippen molar-refractivity contribution in [1.29, 1.82) is 0 Å². The van der Waals surface area contributed by atoms with E-state index in [9.17, 15) is 14.4 Å². The molecular weight excluding hydrogens is 434 g/mol. The van der Waals surface area contributed by atoms with Crippen LogP contribution < -0.4 is 10.9 Å². The standard InChI is InChI=1S/C22H18ClN5O4/c1-2-32-22(31)14-3-7-16(8-4-14)26-19(29)12-27-13-24-20-18(21(27)30)11-25-28(20)17-9-5-15(23)6-10-17/h3-11,13H,2,12H2,1H3,(H,26,29). The molecule has 4 rings (SSSR count). The summed E-state index contributed by atoms with van der Waals surface area (Å²) in [6.45, 7) is 1.78. The van der Waals surface area contributed by atoms with Crippen LogP contribution in [0.15, 0.2) is 65.8 Å². The highest BCUT2D eigenvalue weighted by Gasteiger charge is 2.14. The number of carbonyl (C=O) groups excluding carboxylic acids is 2. The van der Waals surface area contributed by atoms with Crippen molar-refractivity contribution in [3.05, 3.63) is 82.0 Å². The van der Waals surface area contributed by atoms with E-state index in [1.165, 1.54) is 21.8 Å². The third kappa shape index (κ3) is 4.37. The van der Waals surface area contributed by atoms with Gasteiger partial charge < -0.3 is 10.1 Å². The van der Waals surface area contributed by atoms with Gasteiger partial charge in [0.1, 0.15) is 18.3 Å². The van der Waals surface area contributed by atoms with E-state index in [1.807, 2.05) is 0 Å². The summed E-state index contributed by atoms with van der Waals surface area (Å²) in [5.74, 6) is -0.849. The maximum atomic E-state index is 12.8. The molecule has 0 atom stereocenters. The van der Waals surface area contributed by atoms with Crippen LogP contribution in [0.4, 0.5) is 5.69 Å². The highest BCUT2D eigenvalue weighted by molar-refractivity contribution is 6.30. The summed E-state index contributed by atoms with van der Waals surface area (Å²) in [6, 6.07) is 13.3. The molecule has 0 saturated carbocycles. The summed E-state index contributed by atoms with van der Waals surface area (Å²) < 4.78 is 7.66. The molecule has 0 fully saturated rings. The number of hydrogen-bond donors (Lipinski definition) is 1. The fourth-order valence-corrected chi connectivity index (χ4v) is 3.22. The Balaban J connectivity index is 1.50. The van der Waals surface area contributed by atoms with E-state index >= 15 is 0 Å². The second kappa shape index (κ2) is 9.03.